The van der Waals surface area contributed by atoms with E-state index in [0.29, 0.717) is 27.1 Å². The molecule has 42 heavy (non-hydrogen) atoms. The van der Waals surface area contributed by atoms with E-state index in [4.69, 9.17) is 4.74 Å². The first-order valence-electron chi connectivity index (χ1n) is 12.6. The zero-order chi connectivity index (χ0) is 29.1. The number of hydrogen-bond acceptors (Lipinski definition) is 10. The highest BCUT2D eigenvalue weighted by Gasteiger charge is 2.35. The van der Waals surface area contributed by atoms with Crippen LogP contribution in [-0.2, 0) is 4.79 Å². The first-order valence-corrected chi connectivity index (χ1v) is 14.3. The van der Waals surface area contributed by atoms with E-state index in [2.05, 4.69) is 15.5 Å². The molecule has 0 atom stereocenters. The van der Waals surface area contributed by atoms with Crippen molar-refractivity contribution in [3.8, 4) is 11.4 Å². The van der Waals surface area contributed by atoms with Crippen LogP contribution in [0.15, 0.2) is 106 Å². The van der Waals surface area contributed by atoms with Gasteiger partial charge in [0.2, 0.25) is 5.16 Å². The predicted octanol–water partition coefficient (Wildman–Crippen LogP) is 5.99. The zero-order valence-corrected chi connectivity index (χ0v) is 23.3. The van der Waals surface area contributed by atoms with Crippen LogP contribution >= 0.6 is 23.5 Å². The second kappa shape index (κ2) is 11.8. The van der Waals surface area contributed by atoms with Gasteiger partial charge in [0.05, 0.1) is 27.0 Å². The third kappa shape index (κ3) is 5.60. The van der Waals surface area contributed by atoms with Crippen molar-refractivity contribution in [2.24, 2.45) is 0 Å². The molecular formula is C29H20N6O5S2. The summed E-state index contributed by atoms with van der Waals surface area (Å²) in [6.07, 6.45) is 1.48. The molecule has 0 spiro atoms. The minimum Gasteiger partial charge on any atom is -0.491 e. The summed E-state index contributed by atoms with van der Waals surface area (Å²) >= 11 is 1.83. The van der Waals surface area contributed by atoms with Crippen LogP contribution in [0.5, 0.6) is 5.75 Å². The molecule has 0 saturated carbocycles. The molecule has 0 radical (unpaired) electrons. The Kier molecular flexibility index (Phi) is 7.66. The van der Waals surface area contributed by atoms with Gasteiger partial charge in [-0.15, -0.1) is 5.10 Å². The molecule has 1 saturated heterocycles. The van der Waals surface area contributed by atoms with E-state index < -0.39 is 16.1 Å². The lowest BCUT2D eigenvalue weighted by Gasteiger charge is -2.14. The van der Waals surface area contributed by atoms with Crippen molar-refractivity contribution in [2.75, 3.05) is 13.2 Å². The minimum atomic E-state index is -0.507. The number of ether oxygens (including phenoxy) is 1. The van der Waals surface area contributed by atoms with Crippen molar-refractivity contribution < 1.29 is 19.2 Å². The lowest BCUT2D eigenvalue weighted by Crippen LogP contribution is -2.32. The van der Waals surface area contributed by atoms with Crippen molar-refractivity contribution in [3.05, 3.63) is 112 Å². The quantitative estimate of drug-likeness (QED) is 0.113. The molecule has 1 fully saturated rings. The number of nitro benzene ring substituents is 1. The molecule has 0 aliphatic carbocycles. The number of amides is 2. The summed E-state index contributed by atoms with van der Waals surface area (Å²) in [7, 11) is 0. The number of hydrogen-bond donors (Lipinski definition) is 0. The number of nitro groups is 1. The molecule has 1 aliphatic rings. The van der Waals surface area contributed by atoms with Crippen molar-refractivity contribution in [1.29, 1.82) is 0 Å². The summed E-state index contributed by atoms with van der Waals surface area (Å²) in [5, 5.41) is 25.5. The molecule has 1 aromatic heterocycles. The van der Waals surface area contributed by atoms with E-state index in [1.807, 2.05) is 72.8 Å². The monoisotopic (exact) mass is 596 g/mol. The first kappa shape index (κ1) is 27.2. The molecule has 208 valence electrons. The van der Waals surface area contributed by atoms with Crippen LogP contribution in [0, 0.1) is 10.1 Å². The van der Waals surface area contributed by atoms with Gasteiger partial charge in [0.1, 0.15) is 12.4 Å². The number of carbonyl (C=O) groups is 2. The SMILES string of the molecule is O=C1S/C(=C\c2ccc(Sc3nnnn3-c3ccccc3)c([N+](=O)[O-])c2)C(=O)N1CCOc1cccc2ccccc12. The van der Waals surface area contributed by atoms with Crippen LogP contribution in [0.25, 0.3) is 22.5 Å². The lowest BCUT2D eigenvalue weighted by molar-refractivity contribution is -0.387. The van der Waals surface area contributed by atoms with E-state index in [1.165, 1.54) is 16.8 Å². The Balaban J connectivity index is 1.17. The van der Waals surface area contributed by atoms with Crippen molar-refractivity contribution in [3.63, 3.8) is 0 Å². The third-order valence-electron chi connectivity index (χ3n) is 6.32. The van der Waals surface area contributed by atoms with Crippen molar-refractivity contribution in [1.82, 2.24) is 25.1 Å². The second-order valence-electron chi connectivity index (χ2n) is 8.95. The topological polar surface area (TPSA) is 133 Å². The normalized spacial score (nSPS) is 14.2. The summed E-state index contributed by atoms with van der Waals surface area (Å²) in [6, 6.07) is 27.2. The number of fused-ring (bicyclic) bond motifs is 1. The number of nitrogens with zero attached hydrogens (tertiary/aromatic N) is 6. The van der Waals surface area contributed by atoms with Crippen LogP contribution < -0.4 is 4.74 Å². The van der Waals surface area contributed by atoms with Crippen LogP contribution in [0.1, 0.15) is 5.56 Å². The largest absolute Gasteiger partial charge is 0.491 e. The average molecular weight is 597 g/mol. The molecular weight excluding hydrogens is 576 g/mol. The molecule has 0 N–H and O–H groups in total. The van der Waals surface area contributed by atoms with Gasteiger partial charge in [0, 0.05) is 11.5 Å². The predicted molar refractivity (Wildman–Crippen MR) is 158 cm³/mol. The van der Waals surface area contributed by atoms with Gasteiger partial charge < -0.3 is 4.74 Å². The van der Waals surface area contributed by atoms with Gasteiger partial charge in [-0.1, -0.05) is 60.7 Å². The Morgan fingerprint density at radius 3 is 2.60 bits per heavy atom. The molecule has 11 nitrogen and oxygen atoms in total. The van der Waals surface area contributed by atoms with E-state index in [0.717, 1.165) is 39.2 Å². The number of benzene rings is 4. The molecule has 5 aromatic rings. The maximum Gasteiger partial charge on any atom is 0.293 e. The standard InChI is InChI=1S/C29H20N6O5S2/c36-27-26(42-29(37)33(27)15-16-40-24-12-6-8-20-7-4-5-11-22(20)24)18-19-13-14-25(23(17-19)35(38)39)41-28-30-31-32-34(28)21-9-2-1-3-10-21/h1-14,17-18H,15-16H2/b26-18-. The number of para-hydroxylation sites is 1. The molecule has 0 bridgehead atoms. The maximum absolute atomic E-state index is 13.0. The third-order valence-corrected chi connectivity index (χ3v) is 8.23. The summed E-state index contributed by atoms with van der Waals surface area (Å²) in [5.41, 5.74) is 0.938. The number of thioether (sulfide) groups is 1. The van der Waals surface area contributed by atoms with Gasteiger partial charge in [0.15, 0.2) is 0 Å². The fraction of sp³-hybridized carbons (Fsp3) is 0.0690. The minimum absolute atomic E-state index is 0.0666. The first-order chi connectivity index (χ1) is 20.5. The highest BCUT2D eigenvalue weighted by molar-refractivity contribution is 8.18. The Morgan fingerprint density at radius 2 is 1.76 bits per heavy atom. The number of carbonyl (C=O) groups excluding carboxylic acids is 2. The summed E-state index contributed by atoms with van der Waals surface area (Å²) in [4.78, 5) is 38.7. The van der Waals surface area contributed by atoms with Crippen molar-refractivity contribution in [2.45, 2.75) is 10.1 Å². The Labute approximate surface area is 247 Å². The van der Waals surface area contributed by atoms with Gasteiger partial charge >= 0.3 is 0 Å². The fourth-order valence-corrected chi connectivity index (χ4v) is 6.08. The molecule has 2 heterocycles. The van der Waals surface area contributed by atoms with E-state index >= 15 is 0 Å². The average Bonchev–Trinajstić information content (AvgIpc) is 3.57. The highest BCUT2D eigenvalue weighted by atomic mass is 32.2. The number of tetrazole rings is 1. The number of rotatable bonds is 9. The smallest absolute Gasteiger partial charge is 0.293 e. The van der Waals surface area contributed by atoms with Crippen LogP contribution in [0.2, 0.25) is 0 Å². The molecule has 6 rings (SSSR count). The summed E-state index contributed by atoms with van der Waals surface area (Å²) in [6.45, 7) is 0.191. The van der Waals surface area contributed by atoms with Gasteiger partial charge in [0.25, 0.3) is 16.8 Å². The van der Waals surface area contributed by atoms with Gasteiger partial charge in [-0.3, -0.25) is 24.6 Å². The van der Waals surface area contributed by atoms with E-state index in [-0.39, 0.29) is 23.7 Å². The molecule has 4 aromatic carbocycles. The molecule has 0 unspecified atom stereocenters. The van der Waals surface area contributed by atoms with Crippen molar-refractivity contribution >= 4 is 57.2 Å². The Hall–Kier alpha value is -5.01. The van der Waals surface area contributed by atoms with Crippen LogP contribution in [-0.4, -0.2) is 54.3 Å². The van der Waals surface area contributed by atoms with E-state index in [1.54, 1.807) is 12.1 Å². The maximum atomic E-state index is 13.0. The van der Waals surface area contributed by atoms with Crippen LogP contribution in [0.4, 0.5) is 10.5 Å². The zero-order valence-electron chi connectivity index (χ0n) is 21.7. The molecule has 2 amide bonds. The summed E-state index contributed by atoms with van der Waals surface area (Å²) in [5.74, 6) is 0.188. The van der Waals surface area contributed by atoms with E-state index in [9.17, 15) is 19.7 Å². The summed E-state index contributed by atoms with van der Waals surface area (Å²) < 4.78 is 7.39. The lowest BCUT2D eigenvalue weighted by atomic mass is 10.1. The van der Waals surface area contributed by atoms with Crippen LogP contribution in [0.3, 0.4) is 0 Å². The van der Waals surface area contributed by atoms with Gasteiger partial charge in [-0.2, -0.15) is 4.68 Å². The highest BCUT2D eigenvalue weighted by Crippen LogP contribution is 2.37. The second-order valence-corrected chi connectivity index (χ2v) is 11.0. The fourth-order valence-electron chi connectivity index (χ4n) is 4.34. The molecule has 1 aliphatic heterocycles. The molecule has 13 heteroatoms. The van der Waals surface area contributed by atoms with Gasteiger partial charge in [-0.25, -0.2) is 0 Å². The Bertz CT molecular complexity index is 1850. The van der Waals surface area contributed by atoms with Gasteiger partial charge in [-0.05, 0) is 75.2 Å². The Morgan fingerprint density at radius 1 is 0.976 bits per heavy atom. The number of aromatic nitrogens is 4. The number of imide groups is 1.